The molecule has 6 nitrogen and oxygen atoms in total. The van der Waals surface area contributed by atoms with Gasteiger partial charge in [-0.05, 0) is 12.8 Å². The summed E-state index contributed by atoms with van der Waals surface area (Å²) >= 11 is 0. The highest BCUT2D eigenvalue weighted by atomic mass is 32.2. The fourth-order valence-electron chi connectivity index (χ4n) is 1.77. The summed E-state index contributed by atoms with van der Waals surface area (Å²) in [6.07, 6.45) is 1.95. The number of carboxylic acid groups (broad SMARTS) is 1. The SMILES string of the molecule is CS(=O)(=O)CCCN1C(=O)CCC1C(=O)O. The average Bonchev–Trinajstić information content (AvgIpc) is 2.46. The van der Waals surface area contributed by atoms with Gasteiger partial charge in [0.2, 0.25) is 5.91 Å². The lowest BCUT2D eigenvalue weighted by molar-refractivity contribution is -0.146. The second kappa shape index (κ2) is 4.82. The molecule has 1 fully saturated rings. The molecule has 0 bridgehead atoms. The van der Waals surface area contributed by atoms with Gasteiger partial charge >= 0.3 is 5.97 Å². The Balaban J connectivity index is 2.51. The van der Waals surface area contributed by atoms with Gasteiger partial charge in [-0.25, -0.2) is 13.2 Å². The first-order valence-electron chi connectivity index (χ1n) is 5.01. The van der Waals surface area contributed by atoms with E-state index in [0.29, 0.717) is 6.42 Å². The molecule has 1 saturated heterocycles. The smallest absolute Gasteiger partial charge is 0.326 e. The average molecular weight is 249 g/mol. The molecule has 0 saturated carbocycles. The highest BCUT2D eigenvalue weighted by Crippen LogP contribution is 2.19. The summed E-state index contributed by atoms with van der Waals surface area (Å²) in [6.45, 7) is 0.197. The van der Waals surface area contributed by atoms with Crippen molar-refractivity contribution < 1.29 is 23.1 Å². The normalized spacial score (nSPS) is 21.4. The topological polar surface area (TPSA) is 91.8 Å². The van der Waals surface area contributed by atoms with Gasteiger partial charge in [0.15, 0.2) is 0 Å². The number of likely N-dealkylation sites (tertiary alicyclic amines) is 1. The van der Waals surface area contributed by atoms with Crippen LogP contribution in [-0.2, 0) is 19.4 Å². The van der Waals surface area contributed by atoms with E-state index in [1.807, 2.05) is 0 Å². The zero-order chi connectivity index (χ0) is 12.3. The van der Waals surface area contributed by atoms with Crippen LogP contribution < -0.4 is 0 Å². The fourth-order valence-corrected chi connectivity index (χ4v) is 2.42. The molecule has 1 heterocycles. The van der Waals surface area contributed by atoms with Crippen LogP contribution in [0.15, 0.2) is 0 Å². The molecule has 1 unspecified atom stereocenters. The molecule has 92 valence electrons. The van der Waals surface area contributed by atoms with E-state index in [-0.39, 0.29) is 31.0 Å². The summed E-state index contributed by atoms with van der Waals surface area (Å²) in [5.41, 5.74) is 0. The lowest BCUT2D eigenvalue weighted by atomic mass is 10.2. The van der Waals surface area contributed by atoms with Gasteiger partial charge in [-0.15, -0.1) is 0 Å². The third kappa shape index (κ3) is 3.48. The van der Waals surface area contributed by atoms with Crippen molar-refractivity contribution in [2.24, 2.45) is 0 Å². The van der Waals surface area contributed by atoms with Crippen molar-refractivity contribution in [1.82, 2.24) is 4.90 Å². The standard InChI is InChI=1S/C9H15NO5S/c1-16(14,15)6-2-5-10-7(9(12)13)3-4-8(10)11/h7H,2-6H2,1H3,(H,12,13). The number of carbonyl (C=O) groups is 2. The lowest BCUT2D eigenvalue weighted by Gasteiger charge is -2.21. The van der Waals surface area contributed by atoms with Gasteiger partial charge in [-0.1, -0.05) is 0 Å². The van der Waals surface area contributed by atoms with Gasteiger partial charge in [0.1, 0.15) is 15.9 Å². The second-order valence-corrected chi connectivity index (χ2v) is 6.22. The maximum atomic E-state index is 11.4. The Hall–Kier alpha value is -1.11. The van der Waals surface area contributed by atoms with Crippen molar-refractivity contribution in [1.29, 1.82) is 0 Å². The molecule has 7 heteroatoms. The van der Waals surface area contributed by atoms with E-state index in [1.54, 1.807) is 0 Å². The largest absolute Gasteiger partial charge is 0.480 e. The van der Waals surface area contributed by atoms with Crippen LogP contribution in [0.3, 0.4) is 0 Å². The van der Waals surface area contributed by atoms with Crippen LogP contribution in [-0.4, -0.2) is 54.9 Å². The molecule has 1 amide bonds. The van der Waals surface area contributed by atoms with E-state index >= 15 is 0 Å². The molecule has 0 aliphatic carbocycles. The number of hydrogen-bond donors (Lipinski definition) is 1. The van der Waals surface area contributed by atoms with Crippen LogP contribution >= 0.6 is 0 Å². The molecule has 1 rings (SSSR count). The Kier molecular flexibility index (Phi) is 3.90. The fraction of sp³-hybridized carbons (Fsp3) is 0.778. The van der Waals surface area contributed by atoms with Crippen LogP contribution in [0, 0.1) is 0 Å². The van der Waals surface area contributed by atoms with Crippen molar-refractivity contribution in [3.05, 3.63) is 0 Å². The number of amides is 1. The Morgan fingerprint density at radius 3 is 2.69 bits per heavy atom. The van der Waals surface area contributed by atoms with Gasteiger partial charge < -0.3 is 10.0 Å². The van der Waals surface area contributed by atoms with Gasteiger partial charge in [-0.3, -0.25) is 4.79 Å². The number of sulfone groups is 1. The molecule has 0 radical (unpaired) electrons. The molecule has 1 aliphatic rings. The summed E-state index contributed by atoms with van der Waals surface area (Å²) in [5.74, 6) is -1.26. The van der Waals surface area contributed by atoms with Gasteiger partial charge in [0, 0.05) is 19.2 Å². The van der Waals surface area contributed by atoms with E-state index in [9.17, 15) is 18.0 Å². The molecule has 0 aromatic carbocycles. The predicted molar refractivity (Wildman–Crippen MR) is 56.7 cm³/mol. The molecule has 1 N–H and O–H groups in total. The van der Waals surface area contributed by atoms with E-state index in [2.05, 4.69) is 0 Å². The van der Waals surface area contributed by atoms with E-state index in [4.69, 9.17) is 5.11 Å². The predicted octanol–water partition coefficient (Wildman–Crippen LogP) is -0.503. The molecule has 1 atom stereocenters. The summed E-state index contributed by atoms with van der Waals surface area (Å²) in [7, 11) is -3.06. The second-order valence-electron chi connectivity index (χ2n) is 3.96. The number of nitrogens with zero attached hydrogens (tertiary/aromatic N) is 1. The summed E-state index contributed by atoms with van der Waals surface area (Å²) in [5, 5.41) is 8.85. The van der Waals surface area contributed by atoms with Crippen LogP contribution in [0.1, 0.15) is 19.3 Å². The molecule has 0 aromatic rings. The van der Waals surface area contributed by atoms with Crippen LogP contribution in [0.2, 0.25) is 0 Å². The number of hydrogen-bond acceptors (Lipinski definition) is 4. The Bertz CT molecular complexity index is 389. The highest BCUT2D eigenvalue weighted by molar-refractivity contribution is 7.90. The van der Waals surface area contributed by atoms with Crippen molar-refractivity contribution in [2.75, 3.05) is 18.6 Å². The number of rotatable bonds is 5. The Morgan fingerprint density at radius 1 is 1.56 bits per heavy atom. The molecular formula is C9H15NO5S. The van der Waals surface area contributed by atoms with Gasteiger partial charge in [0.05, 0.1) is 5.75 Å². The summed E-state index contributed by atoms with van der Waals surface area (Å²) in [4.78, 5) is 23.4. The third-order valence-corrected chi connectivity index (χ3v) is 3.56. The molecule has 0 aromatic heterocycles. The zero-order valence-electron chi connectivity index (χ0n) is 9.05. The van der Waals surface area contributed by atoms with Gasteiger partial charge in [0.25, 0.3) is 0 Å². The highest BCUT2D eigenvalue weighted by Gasteiger charge is 2.35. The van der Waals surface area contributed by atoms with Crippen molar-refractivity contribution in [3.8, 4) is 0 Å². The minimum absolute atomic E-state index is 0.0247. The molecule has 0 spiro atoms. The van der Waals surface area contributed by atoms with Crippen molar-refractivity contribution in [2.45, 2.75) is 25.3 Å². The first kappa shape index (κ1) is 13.0. The quantitative estimate of drug-likeness (QED) is 0.709. The molecule has 16 heavy (non-hydrogen) atoms. The van der Waals surface area contributed by atoms with E-state index < -0.39 is 21.8 Å². The zero-order valence-corrected chi connectivity index (χ0v) is 9.87. The van der Waals surface area contributed by atoms with E-state index in [1.165, 1.54) is 4.90 Å². The van der Waals surface area contributed by atoms with Crippen molar-refractivity contribution in [3.63, 3.8) is 0 Å². The van der Waals surface area contributed by atoms with Crippen LogP contribution in [0.4, 0.5) is 0 Å². The van der Waals surface area contributed by atoms with Crippen LogP contribution in [0.5, 0.6) is 0 Å². The first-order chi connectivity index (χ1) is 7.31. The first-order valence-corrected chi connectivity index (χ1v) is 7.07. The maximum Gasteiger partial charge on any atom is 0.326 e. The number of carbonyl (C=O) groups excluding carboxylic acids is 1. The van der Waals surface area contributed by atoms with Crippen molar-refractivity contribution >= 4 is 21.7 Å². The minimum Gasteiger partial charge on any atom is -0.480 e. The minimum atomic E-state index is -3.06. The molecule has 1 aliphatic heterocycles. The van der Waals surface area contributed by atoms with Gasteiger partial charge in [-0.2, -0.15) is 0 Å². The monoisotopic (exact) mass is 249 g/mol. The molecular weight excluding hydrogens is 234 g/mol. The lowest BCUT2D eigenvalue weighted by Crippen LogP contribution is -2.39. The summed E-state index contributed by atoms with van der Waals surface area (Å²) in [6, 6.07) is -0.785. The Labute approximate surface area is 94.2 Å². The summed E-state index contributed by atoms with van der Waals surface area (Å²) < 4.78 is 21.8. The third-order valence-electron chi connectivity index (χ3n) is 2.53. The van der Waals surface area contributed by atoms with Crippen LogP contribution in [0.25, 0.3) is 0 Å². The number of aliphatic carboxylic acids is 1. The maximum absolute atomic E-state index is 11.4. The Morgan fingerprint density at radius 2 is 2.19 bits per heavy atom. The van der Waals surface area contributed by atoms with E-state index in [0.717, 1.165) is 6.26 Å². The number of carboxylic acids is 1.